The lowest BCUT2D eigenvalue weighted by molar-refractivity contribution is -0.134. The van der Waals surface area contributed by atoms with Crippen LogP contribution in [-0.2, 0) is 22.4 Å². The van der Waals surface area contributed by atoms with Crippen LogP contribution in [0.4, 0.5) is 0 Å². The number of hydrogen-bond donors (Lipinski definition) is 0. The van der Waals surface area contributed by atoms with E-state index in [2.05, 4.69) is 9.97 Å². The highest BCUT2D eigenvalue weighted by atomic mass is 16.5. The summed E-state index contributed by atoms with van der Waals surface area (Å²) in [7, 11) is 1.60. The Morgan fingerprint density at radius 2 is 1.80 bits per heavy atom. The summed E-state index contributed by atoms with van der Waals surface area (Å²) in [6.45, 7) is 8.64. The highest BCUT2D eigenvalue weighted by Crippen LogP contribution is 2.21. The number of ether oxygens (including phenoxy) is 2. The van der Waals surface area contributed by atoms with Crippen LogP contribution in [0.25, 0.3) is 0 Å². The number of esters is 1. The molecule has 9 heteroatoms. The SMILES string of the molecule is CCCc1nc(C)nc(C(=O)N2CCN(C(=O)Cc3ccc(OC)cc3)C(C)C2)c1C(=O)OCC. The Balaban J connectivity index is 1.76. The van der Waals surface area contributed by atoms with E-state index >= 15 is 0 Å². The van der Waals surface area contributed by atoms with Crippen LogP contribution in [-0.4, -0.2) is 76.9 Å². The van der Waals surface area contributed by atoms with Crippen LogP contribution in [0.5, 0.6) is 5.75 Å². The van der Waals surface area contributed by atoms with Crippen molar-refractivity contribution in [1.82, 2.24) is 19.8 Å². The fourth-order valence-corrected chi connectivity index (χ4v) is 4.30. The molecule has 1 unspecified atom stereocenters. The van der Waals surface area contributed by atoms with Gasteiger partial charge in [-0.25, -0.2) is 14.8 Å². The van der Waals surface area contributed by atoms with Gasteiger partial charge >= 0.3 is 5.97 Å². The van der Waals surface area contributed by atoms with Gasteiger partial charge < -0.3 is 19.3 Å². The number of methoxy groups -OCH3 is 1. The minimum Gasteiger partial charge on any atom is -0.497 e. The second-order valence-electron chi connectivity index (χ2n) is 8.62. The minimum absolute atomic E-state index is 0.00471. The van der Waals surface area contributed by atoms with Crippen LogP contribution in [0, 0.1) is 6.92 Å². The first-order valence-corrected chi connectivity index (χ1v) is 12.0. The van der Waals surface area contributed by atoms with E-state index in [-0.39, 0.29) is 42.1 Å². The molecule has 1 fully saturated rings. The van der Waals surface area contributed by atoms with Crippen molar-refractivity contribution in [2.24, 2.45) is 0 Å². The summed E-state index contributed by atoms with van der Waals surface area (Å²) in [5.74, 6) is 0.257. The average Bonchev–Trinajstić information content (AvgIpc) is 2.83. The van der Waals surface area contributed by atoms with E-state index < -0.39 is 5.97 Å². The molecule has 0 bridgehead atoms. The van der Waals surface area contributed by atoms with Crippen molar-refractivity contribution in [3.8, 4) is 5.75 Å². The predicted molar refractivity (Wildman–Crippen MR) is 130 cm³/mol. The first-order valence-electron chi connectivity index (χ1n) is 12.0. The number of hydrogen-bond acceptors (Lipinski definition) is 7. The first-order chi connectivity index (χ1) is 16.8. The van der Waals surface area contributed by atoms with Gasteiger partial charge in [-0.2, -0.15) is 0 Å². The third-order valence-electron chi connectivity index (χ3n) is 6.01. The van der Waals surface area contributed by atoms with E-state index in [0.29, 0.717) is 37.6 Å². The smallest absolute Gasteiger partial charge is 0.342 e. The van der Waals surface area contributed by atoms with Gasteiger partial charge in [-0.05, 0) is 44.9 Å². The molecule has 0 spiro atoms. The summed E-state index contributed by atoms with van der Waals surface area (Å²) < 4.78 is 10.4. The van der Waals surface area contributed by atoms with Crippen LogP contribution < -0.4 is 4.74 Å². The van der Waals surface area contributed by atoms with Gasteiger partial charge in [0.25, 0.3) is 5.91 Å². The Hall–Kier alpha value is -3.49. The zero-order valence-corrected chi connectivity index (χ0v) is 21.2. The number of aromatic nitrogens is 2. The van der Waals surface area contributed by atoms with Gasteiger partial charge in [0, 0.05) is 25.7 Å². The maximum absolute atomic E-state index is 13.5. The van der Waals surface area contributed by atoms with Crippen molar-refractivity contribution in [2.75, 3.05) is 33.4 Å². The molecule has 0 N–H and O–H groups in total. The lowest BCUT2D eigenvalue weighted by atomic mass is 10.0. The van der Waals surface area contributed by atoms with E-state index in [9.17, 15) is 14.4 Å². The molecule has 2 amide bonds. The molecule has 1 saturated heterocycles. The van der Waals surface area contributed by atoms with E-state index in [4.69, 9.17) is 9.47 Å². The zero-order chi connectivity index (χ0) is 25.5. The third-order valence-corrected chi connectivity index (χ3v) is 6.01. The van der Waals surface area contributed by atoms with Crippen LogP contribution in [0.3, 0.4) is 0 Å². The number of piperazine rings is 1. The Morgan fingerprint density at radius 3 is 2.40 bits per heavy atom. The molecule has 1 aromatic heterocycles. The monoisotopic (exact) mass is 482 g/mol. The summed E-state index contributed by atoms with van der Waals surface area (Å²) in [5.41, 5.74) is 1.66. The van der Waals surface area contributed by atoms with Gasteiger partial charge in [-0.1, -0.05) is 25.5 Å². The average molecular weight is 483 g/mol. The highest BCUT2D eigenvalue weighted by Gasteiger charge is 2.34. The van der Waals surface area contributed by atoms with Gasteiger partial charge in [-0.15, -0.1) is 0 Å². The largest absolute Gasteiger partial charge is 0.497 e. The molecule has 35 heavy (non-hydrogen) atoms. The summed E-state index contributed by atoms with van der Waals surface area (Å²) in [6, 6.07) is 7.25. The second-order valence-corrected chi connectivity index (χ2v) is 8.62. The lowest BCUT2D eigenvalue weighted by Gasteiger charge is -2.40. The maximum Gasteiger partial charge on any atom is 0.342 e. The Bertz CT molecular complexity index is 1070. The molecular formula is C26H34N4O5. The number of carbonyl (C=O) groups excluding carboxylic acids is 3. The normalized spacial score (nSPS) is 15.6. The van der Waals surface area contributed by atoms with Crippen molar-refractivity contribution < 1.29 is 23.9 Å². The van der Waals surface area contributed by atoms with Crippen LogP contribution >= 0.6 is 0 Å². The maximum atomic E-state index is 13.5. The summed E-state index contributed by atoms with van der Waals surface area (Å²) in [5, 5.41) is 0. The first kappa shape index (κ1) is 26.1. The summed E-state index contributed by atoms with van der Waals surface area (Å²) >= 11 is 0. The van der Waals surface area contributed by atoms with Crippen LogP contribution in [0.15, 0.2) is 24.3 Å². The number of nitrogens with zero attached hydrogens (tertiary/aromatic N) is 4. The Morgan fingerprint density at radius 1 is 1.09 bits per heavy atom. The number of rotatable bonds is 8. The van der Waals surface area contributed by atoms with Gasteiger partial charge in [0.15, 0.2) is 0 Å². The van der Waals surface area contributed by atoms with E-state index in [1.807, 2.05) is 38.1 Å². The Kier molecular flexibility index (Phi) is 8.78. The highest BCUT2D eigenvalue weighted by molar-refractivity contribution is 6.04. The second kappa shape index (κ2) is 11.8. The Labute approximate surface area is 206 Å². The topological polar surface area (TPSA) is 102 Å². The van der Waals surface area contributed by atoms with E-state index in [1.165, 1.54) is 0 Å². The minimum atomic E-state index is -0.583. The van der Waals surface area contributed by atoms with Crippen molar-refractivity contribution in [3.05, 3.63) is 52.6 Å². The fourth-order valence-electron chi connectivity index (χ4n) is 4.30. The number of benzene rings is 1. The molecule has 0 saturated carbocycles. The van der Waals surface area contributed by atoms with Gasteiger partial charge in [0.2, 0.25) is 5.91 Å². The van der Waals surface area contributed by atoms with Crippen molar-refractivity contribution in [3.63, 3.8) is 0 Å². The molecule has 0 aliphatic carbocycles. The molecule has 1 aromatic carbocycles. The van der Waals surface area contributed by atoms with E-state index in [0.717, 1.165) is 17.7 Å². The van der Waals surface area contributed by atoms with Crippen LogP contribution in [0.2, 0.25) is 0 Å². The molecule has 9 nitrogen and oxygen atoms in total. The lowest BCUT2D eigenvalue weighted by Crippen LogP contribution is -2.56. The summed E-state index contributed by atoms with van der Waals surface area (Å²) in [6.07, 6.45) is 1.59. The van der Waals surface area contributed by atoms with Crippen molar-refractivity contribution >= 4 is 17.8 Å². The molecule has 3 rings (SSSR count). The number of carbonyl (C=O) groups is 3. The molecule has 1 atom stereocenters. The fraction of sp³-hybridized carbons (Fsp3) is 0.500. The molecular weight excluding hydrogens is 448 g/mol. The van der Waals surface area contributed by atoms with Crippen molar-refractivity contribution in [2.45, 2.75) is 53.0 Å². The summed E-state index contributed by atoms with van der Waals surface area (Å²) in [4.78, 5) is 51.5. The molecule has 2 aromatic rings. The standard InChI is InChI=1S/C26H34N4O5/c1-6-8-21-23(26(33)35-7-2)24(28-18(4)27-21)25(32)29-13-14-30(17(3)16-29)22(31)15-19-9-11-20(34-5)12-10-19/h9-12,17H,6-8,13-16H2,1-5H3. The van der Waals surface area contributed by atoms with Gasteiger partial charge in [-0.3, -0.25) is 9.59 Å². The van der Waals surface area contributed by atoms with Gasteiger partial charge in [0.1, 0.15) is 22.8 Å². The molecule has 2 heterocycles. The third kappa shape index (κ3) is 6.15. The molecule has 188 valence electrons. The number of aryl methyl sites for hydroxylation is 2. The van der Waals surface area contributed by atoms with Gasteiger partial charge in [0.05, 0.1) is 25.8 Å². The quantitative estimate of drug-likeness (QED) is 0.533. The molecule has 0 radical (unpaired) electrons. The molecule has 1 aliphatic heterocycles. The number of amides is 2. The molecule has 1 aliphatic rings. The van der Waals surface area contributed by atoms with Crippen molar-refractivity contribution in [1.29, 1.82) is 0 Å². The van der Waals surface area contributed by atoms with Crippen LogP contribution in [0.1, 0.15) is 65.1 Å². The zero-order valence-electron chi connectivity index (χ0n) is 21.2. The predicted octanol–water partition coefficient (Wildman–Crippen LogP) is 2.84. The van der Waals surface area contributed by atoms with E-state index in [1.54, 1.807) is 30.8 Å².